The van der Waals surface area contributed by atoms with E-state index in [1.807, 2.05) is 6.92 Å². The first-order valence-corrected chi connectivity index (χ1v) is 8.17. The number of carbonyl (C=O) groups excluding carboxylic acids is 1. The minimum absolute atomic E-state index is 0.214. The first-order chi connectivity index (χ1) is 11.4. The second-order valence-corrected chi connectivity index (χ2v) is 6.42. The Morgan fingerprint density at radius 3 is 2.54 bits per heavy atom. The summed E-state index contributed by atoms with van der Waals surface area (Å²) < 4.78 is 11.0. The second-order valence-electron chi connectivity index (χ2n) is 5.98. The van der Waals surface area contributed by atoms with Crippen LogP contribution in [-0.2, 0) is 0 Å². The molecule has 0 aliphatic rings. The molecule has 0 aliphatic heterocycles. The Bertz CT molecular complexity index is 729. The number of aryl methyl sites for hydroxylation is 1. The lowest BCUT2D eigenvalue weighted by Crippen LogP contribution is -2.13. The van der Waals surface area contributed by atoms with Gasteiger partial charge < -0.3 is 14.8 Å². The van der Waals surface area contributed by atoms with Crippen LogP contribution < -0.4 is 14.8 Å². The van der Waals surface area contributed by atoms with Crippen LogP contribution in [0.5, 0.6) is 11.5 Å². The van der Waals surface area contributed by atoms with Gasteiger partial charge in [-0.2, -0.15) is 0 Å². The summed E-state index contributed by atoms with van der Waals surface area (Å²) in [4.78, 5) is 12.5. The van der Waals surface area contributed by atoms with Crippen LogP contribution in [0.2, 0.25) is 5.02 Å². The fourth-order valence-electron chi connectivity index (χ4n) is 2.15. The third-order valence-electron chi connectivity index (χ3n) is 3.43. The molecule has 0 spiro atoms. The summed E-state index contributed by atoms with van der Waals surface area (Å²) in [5, 5.41) is 3.52. The van der Waals surface area contributed by atoms with Crippen molar-refractivity contribution in [3.05, 3.63) is 52.5 Å². The Kier molecular flexibility index (Phi) is 6.10. The summed E-state index contributed by atoms with van der Waals surface area (Å²) in [6.07, 6.45) is 0. The van der Waals surface area contributed by atoms with Gasteiger partial charge in [0.25, 0.3) is 5.91 Å². The molecule has 128 valence electrons. The normalized spacial score (nSPS) is 10.6. The number of amides is 1. The van der Waals surface area contributed by atoms with E-state index in [-0.39, 0.29) is 5.91 Å². The van der Waals surface area contributed by atoms with Crippen LogP contribution in [0.3, 0.4) is 0 Å². The second kappa shape index (κ2) is 8.06. The Morgan fingerprint density at radius 1 is 1.17 bits per heavy atom. The molecule has 1 amide bonds. The maximum Gasteiger partial charge on any atom is 0.255 e. The van der Waals surface area contributed by atoms with E-state index < -0.39 is 0 Å². The summed E-state index contributed by atoms with van der Waals surface area (Å²) in [5.41, 5.74) is 2.13. The third kappa shape index (κ3) is 4.65. The van der Waals surface area contributed by atoms with Crippen molar-refractivity contribution in [2.75, 3.05) is 19.0 Å². The molecule has 5 heteroatoms. The lowest BCUT2D eigenvalue weighted by molar-refractivity contribution is 0.102. The number of carbonyl (C=O) groups is 1. The van der Waals surface area contributed by atoms with Crippen molar-refractivity contribution in [3.8, 4) is 11.5 Å². The Hall–Kier alpha value is -2.20. The maximum absolute atomic E-state index is 12.5. The highest BCUT2D eigenvalue weighted by atomic mass is 35.5. The molecule has 0 bridgehead atoms. The number of hydrogen-bond donors (Lipinski definition) is 1. The molecule has 0 atom stereocenters. The van der Waals surface area contributed by atoms with Crippen molar-refractivity contribution in [2.45, 2.75) is 20.8 Å². The monoisotopic (exact) mass is 347 g/mol. The van der Waals surface area contributed by atoms with Gasteiger partial charge in [-0.25, -0.2) is 0 Å². The first-order valence-electron chi connectivity index (χ1n) is 7.79. The predicted octanol–water partition coefficient (Wildman–Crippen LogP) is 4.94. The zero-order valence-electron chi connectivity index (χ0n) is 14.4. The number of anilines is 1. The van der Waals surface area contributed by atoms with Gasteiger partial charge in [-0.05, 0) is 54.8 Å². The number of rotatable bonds is 6. The smallest absolute Gasteiger partial charge is 0.255 e. The molecule has 0 fully saturated rings. The summed E-state index contributed by atoms with van der Waals surface area (Å²) >= 11 is 5.94. The molecule has 2 aromatic rings. The zero-order chi connectivity index (χ0) is 17.7. The molecule has 0 aliphatic carbocycles. The molecule has 0 saturated carbocycles. The summed E-state index contributed by atoms with van der Waals surface area (Å²) in [7, 11) is 1.56. The van der Waals surface area contributed by atoms with Crippen molar-refractivity contribution in [2.24, 2.45) is 5.92 Å². The fraction of sp³-hybridized carbons (Fsp3) is 0.316. The quantitative estimate of drug-likeness (QED) is 0.804. The number of ether oxygens (including phenoxy) is 2. The third-order valence-corrected chi connectivity index (χ3v) is 3.67. The molecule has 0 aromatic heterocycles. The van der Waals surface area contributed by atoms with Gasteiger partial charge in [-0.1, -0.05) is 25.4 Å². The largest absolute Gasteiger partial charge is 0.493 e. The van der Waals surface area contributed by atoms with Crippen molar-refractivity contribution in [1.82, 2.24) is 0 Å². The van der Waals surface area contributed by atoms with E-state index in [1.54, 1.807) is 43.5 Å². The van der Waals surface area contributed by atoms with E-state index in [0.717, 1.165) is 11.3 Å². The molecule has 4 nitrogen and oxygen atoms in total. The number of hydrogen-bond acceptors (Lipinski definition) is 3. The number of benzene rings is 2. The number of methoxy groups -OCH3 is 1. The first kappa shape index (κ1) is 18.1. The molecule has 0 radical (unpaired) electrons. The topological polar surface area (TPSA) is 47.6 Å². The van der Waals surface area contributed by atoms with Crippen molar-refractivity contribution >= 4 is 23.2 Å². The van der Waals surface area contributed by atoms with Crippen molar-refractivity contribution in [3.63, 3.8) is 0 Å². The van der Waals surface area contributed by atoms with Gasteiger partial charge in [-0.15, -0.1) is 0 Å². The van der Waals surface area contributed by atoms with E-state index in [0.29, 0.717) is 34.6 Å². The van der Waals surface area contributed by atoms with Gasteiger partial charge in [0.1, 0.15) is 0 Å². The van der Waals surface area contributed by atoms with Gasteiger partial charge in [-0.3, -0.25) is 4.79 Å². The van der Waals surface area contributed by atoms with Gasteiger partial charge in [0.15, 0.2) is 11.5 Å². The highest BCUT2D eigenvalue weighted by molar-refractivity contribution is 6.30. The van der Waals surface area contributed by atoms with Crippen molar-refractivity contribution < 1.29 is 14.3 Å². The van der Waals surface area contributed by atoms with E-state index in [9.17, 15) is 4.79 Å². The standard InChI is InChI=1S/C19H22ClNO3/c1-12(2)11-24-17-8-5-14(10-18(17)23-4)19(22)21-16-7-6-15(20)9-13(16)3/h5-10,12H,11H2,1-4H3,(H,21,22). The fourth-order valence-corrected chi connectivity index (χ4v) is 2.37. The average Bonchev–Trinajstić information content (AvgIpc) is 2.55. The van der Waals surface area contributed by atoms with Gasteiger partial charge in [0.05, 0.1) is 13.7 Å². The van der Waals surface area contributed by atoms with Crippen LogP contribution in [0.4, 0.5) is 5.69 Å². The van der Waals surface area contributed by atoms with Gasteiger partial charge in [0, 0.05) is 16.3 Å². The van der Waals surface area contributed by atoms with E-state index in [4.69, 9.17) is 21.1 Å². The summed E-state index contributed by atoms with van der Waals surface area (Å²) in [5.74, 6) is 1.36. The van der Waals surface area contributed by atoms with Crippen LogP contribution in [0, 0.1) is 12.8 Å². The number of nitrogens with one attached hydrogen (secondary N) is 1. The van der Waals surface area contributed by atoms with Crippen LogP contribution in [-0.4, -0.2) is 19.6 Å². The number of halogens is 1. The predicted molar refractivity (Wildman–Crippen MR) is 97.5 cm³/mol. The molecular weight excluding hydrogens is 326 g/mol. The maximum atomic E-state index is 12.5. The molecule has 0 saturated heterocycles. The molecule has 2 aromatic carbocycles. The Morgan fingerprint density at radius 2 is 1.92 bits per heavy atom. The molecule has 1 N–H and O–H groups in total. The molecule has 0 heterocycles. The van der Waals surface area contributed by atoms with Crippen molar-refractivity contribution in [1.29, 1.82) is 0 Å². The van der Waals surface area contributed by atoms with E-state index >= 15 is 0 Å². The van der Waals surface area contributed by atoms with E-state index in [1.165, 1.54) is 0 Å². The van der Waals surface area contributed by atoms with Gasteiger partial charge >= 0.3 is 0 Å². The summed E-state index contributed by atoms with van der Waals surface area (Å²) in [6.45, 7) is 6.63. The Balaban J connectivity index is 2.17. The van der Waals surface area contributed by atoms with E-state index in [2.05, 4.69) is 19.2 Å². The molecule has 2 rings (SSSR count). The SMILES string of the molecule is COc1cc(C(=O)Nc2ccc(Cl)cc2C)ccc1OCC(C)C. The highest BCUT2D eigenvalue weighted by Crippen LogP contribution is 2.29. The van der Waals surface area contributed by atoms with Crippen LogP contribution >= 0.6 is 11.6 Å². The minimum atomic E-state index is -0.214. The minimum Gasteiger partial charge on any atom is -0.493 e. The summed E-state index contributed by atoms with van der Waals surface area (Å²) in [6, 6.07) is 10.5. The molecular formula is C19H22ClNO3. The Labute approximate surface area is 147 Å². The average molecular weight is 348 g/mol. The highest BCUT2D eigenvalue weighted by Gasteiger charge is 2.13. The van der Waals surface area contributed by atoms with Crippen LogP contribution in [0.25, 0.3) is 0 Å². The lowest BCUT2D eigenvalue weighted by Gasteiger charge is -2.14. The zero-order valence-corrected chi connectivity index (χ0v) is 15.1. The molecule has 0 unspecified atom stereocenters. The van der Waals surface area contributed by atoms with Crippen LogP contribution in [0.1, 0.15) is 29.8 Å². The lowest BCUT2D eigenvalue weighted by atomic mass is 10.1. The molecule has 24 heavy (non-hydrogen) atoms. The van der Waals surface area contributed by atoms with Crippen LogP contribution in [0.15, 0.2) is 36.4 Å². The van der Waals surface area contributed by atoms with Gasteiger partial charge in [0.2, 0.25) is 0 Å².